The molecule has 0 aromatic carbocycles. The second kappa shape index (κ2) is 38.3. The van der Waals surface area contributed by atoms with E-state index in [1.165, 1.54) is 141 Å². The predicted octanol–water partition coefficient (Wildman–Crippen LogP) is 12.9. The summed E-state index contributed by atoms with van der Waals surface area (Å²) in [6.07, 6.45) is 44.5. The first-order valence-corrected chi connectivity index (χ1v) is 22.2. The third-order valence-electron chi connectivity index (χ3n) is 9.00. The van der Waals surface area contributed by atoms with E-state index in [4.69, 9.17) is 19.3 Å². The minimum Gasteiger partial charge on any atom is -0.457 e. The van der Waals surface area contributed by atoms with Crippen LogP contribution in [0.5, 0.6) is 0 Å². The van der Waals surface area contributed by atoms with Gasteiger partial charge >= 0.3 is 13.8 Å². The van der Waals surface area contributed by atoms with Gasteiger partial charge in [0.05, 0.1) is 13.2 Å². The molecule has 7 nitrogen and oxygen atoms in total. The highest BCUT2D eigenvalue weighted by molar-refractivity contribution is 7.46. The number of carbonyl (C=O) groups is 1. The van der Waals surface area contributed by atoms with Gasteiger partial charge in [-0.25, -0.2) is 4.57 Å². The summed E-state index contributed by atoms with van der Waals surface area (Å²) in [4.78, 5) is 30.6. The van der Waals surface area contributed by atoms with Gasteiger partial charge in [0.25, 0.3) is 0 Å². The summed E-state index contributed by atoms with van der Waals surface area (Å²) in [6.45, 7) is 4.75. The highest BCUT2D eigenvalue weighted by atomic mass is 31.2. The van der Waals surface area contributed by atoms with E-state index in [0.29, 0.717) is 13.0 Å². The molecule has 0 saturated heterocycles. The van der Waals surface area contributed by atoms with Crippen LogP contribution in [0.4, 0.5) is 0 Å². The molecule has 0 aromatic heterocycles. The van der Waals surface area contributed by atoms with Crippen molar-refractivity contribution in [1.82, 2.24) is 0 Å². The Morgan fingerprint density at radius 3 is 1.45 bits per heavy atom. The van der Waals surface area contributed by atoms with Crippen LogP contribution in [0, 0.1) is 0 Å². The summed E-state index contributed by atoms with van der Waals surface area (Å²) >= 11 is 0. The summed E-state index contributed by atoms with van der Waals surface area (Å²) < 4.78 is 27.0. The second-order valence-electron chi connectivity index (χ2n) is 14.0. The van der Waals surface area contributed by atoms with Gasteiger partial charge in [-0.05, 0) is 44.9 Å². The van der Waals surface area contributed by atoms with Crippen molar-refractivity contribution in [3.05, 3.63) is 24.3 Å². The normalized spacial score (nSPS) is 12.8. The fourth-order valence-corrected chi connectivity index (χ4v) is 6.30. The summed E-state index contributed by atoms with van der Waals surface area (Å²) in [5.74, 6) is -0.368. The van der Waals surface area contributed by atoms with Gasteiger partial charge in [0.15, 0.2) is 0 Å². The van der Waals surface area contributed by atoms with Gasteiger partial charge in [0, 0.05) is 13.0 Å². The molecule has 0 radical (unpaired) electrons. The number of allylic oxidation sites excluding steroid dienone is 4. The average Bonchev–Trinajstić information content (AvgIpc) is 3.07. The van der Waals surface area contributed by atoms with Crippen molar-refractivity contribution >= 4 is 13.8 Å². The number of ether oxygens (including phenoxy) is 2. The zero-order chi connectivity index (χ0) is 35.9. The first-order valence-electron chi connectivity index (χ1n) is 20.7. The summed E-state index contributed by atoms with van der Waals surface area (Å²) in [6, 6.07) is 0. The first kappa shape index (κ1) is 48.0. The third kappa shape index (κ3) is 41.3. The maximum Gasteiger partial charge on any atom is 0.469 e. The van der Waals surface area contributed by atoms with Gasteiger partial charge < -0.3 is 19.3 Å². The summed E-state index contributed by atoms with van der Waals surface area (Å²) in [5, 5.41) is 0. The fraction of sp³-hybridized carbons (Fsp3) is 0.878. The van der Waals surface area contributed by atoms with Gasteiger partial charge in [-0.3, -0.25) is 9.32 Å². The van der Waals surface area contributed by atoms with Crippen LogP contribution in [0.2, 0.25) is 0 Å². The number of unbranched alkanes of at least 4 members (excludes halogenated alkanes) is 25. The second-order valence-corrected chi connectivity index (χ2v) is 15.2. The molecule has 0 aliphatic carbocycles. The molecule has 0 aliphatic rings. The van der Waals surface area contributed by atoms with E-state index in [2.05, 4.69) is 42.7 Å². The largest absolute Gasteiger partial charge is 0.469 e. The molecule has 0 amide bonds. The van der Waals surface area contributed by atoms with Crippen molar-refractivity contribution in [3.8, 4) is 0 Å². The molecular weight excluding hydrogens is 635 g/mol. The lowest BCUT2D eigenvalue weighted by Crippen LogP contribution is -2.28. The minimum absolute atomic E-state index is 0.0788. The molecule has 0 unspecified atom stereocenters. The van der Waals surface area contributed by atoms with E-state index in [9.17, 15) is 9.36 Å². The van der Waals surface area contributed by atoms with Gasteiger partial charge in [-0.2, -0.15) is 0 Å². The van der Waals surface area contributed by atoms with Crippen LogP contribution in [-0.2, 0) is 23.4 Å². The quantitative estimate of drug-likeness (QED) is 0.0283. The zero-order valence-electron chi connectivity index (χ0n) is 32.1. The van der Waals surface area contributed by atoms with Crippen molar-refractivity contribution in [1.29, 1.82) is 0 Å². The molecule has 0 heterocycles. The monoisotopic (exact) mass is 715 g/mol. The fourth-order valence-electron chi connectivity index (χ4n) is 5.94. The smallest absolute Gasteiger partial charge is 0.457 e. The Morgan fingerprint density at radius 1 is 0.551 bits per heavy atom. The van der Waals surface area contributed by atoms with E-state index in [-0.39, 0.29) is 19.2 Å². The molecule has 0 fully saturated rings. The van der Waals surface area contributed by atoms with E-state index in [0.717, 1.165) is 44.9 Å². The highest BCUT2D eigenvalue weighted by Gasteiger charge is 2.21. The Labute approximate surface area is 303 Å². The standard InChI is InChI=1S/C41H79O7P/c1-3-5-7-9-11-13-15-17-19-21-22-24-26-28-30-32-34-36-41(42)48-40(39-47-49(43,44)45)38-46-37-35-33-31-29-27-25-23-20-18-16-14-12-10-8-6-4-2/h11,13,17,19,40H,3-10,12,14-16,18,20-39H2,1-2H3,(H2,43,44,45)/b13-11-,19-17-/t40-/m1/s1. The molecule has 0 aromatic rings. The molecular formula is C41H79O7P. The van der Waals surface area contributed by atoms with Crippen molar-refractivity contribution in [2.24, 2.45) is 0 Å². The van der Waals surface area contributed by atoms with Crippen LogP contribution in [0.3, 0.4) is 0 Å². The number of esters is 1. The lowest BCUT2D eigenvalue weighted by Gasteiger charge is -2.18. The van der Waals surface area contributed by atoms with Crippen molar-refractivity contribution in [3.63, 3.8) is 0 Å². The van der Waals surface area contributed by atoms with Crippen LogP contribution in [-0.4, -0.2) is 41.7 Å². The molecule has 0 bridgehead atoms. The molecule has 2 N–H and O–H groups in total. The SMILES string of the molecule is CCCCC/C=C\C/C=C\CCCCCCCCCC(=O)O[C@H](COCCCCCCCCCCCCCCCCCC)COP(=O)(O)O. The van der Waals surface area contributed by atoms with Gasteiger partial charge in [0.1, 0.15) is 6.10 Å². The van der Waals surface area contributed by atoms with E-state index in [1.807, 2.05) is 0 Å². The van der Waals surface area contributed by atoms with Gasteiger partial charge in [-0.1, -0.05) is 179 Å². The molecule has 49 heavy (non-hydrogen) atoms. The molecule has 0 spiro atoms. The number of phosphoric acid groups is 1. The van der Waals surface area contributed by atoms with E-state index in [1.54, 1.807) is 0 Å². The van der Waals surface area contributed by atoms with Crippen LogP contribution in [0.15, 0.2) is 24.3 Å². The Bertz CT molecular complexity index is 795. The van der Waals surface area contributed by atoms with E-state index < -0.39 is 13.9 Å². The summed E-state index contributed by atoms with van der Waals surface area (Å²) in [7, 11) is -4.65. The Balaban J connectivity index is 3.79. The van der Waals surface area contributed by atoms with Crippen molar-refractivity contribution < 1.29 is 33.1 Å². The maximum atomic E-state index is 12.4. The Hall–Kier alpha value is -0.980. The van der Waals surface area contributed by atoms with Gasteiger partial charge in [-0.15, -0.1) is 0 Å². The molecule has 0 saturated carbocycles. The van der Waals surface area contributed by atoms with Crippen LogP contribution >= 0.6 is 7.82 Å². The van der Waals surface area contributed by atoms with Crippen LogP contribution in [0.25, 0.3) is 0 Å². The third-order valence-corrected chi connectivity index (χ3v) is 9.49. The number of rotatable bonds is 39. The minimum atomic E-state index is -4.65. The Kier molecular flexibility index (Phi) is 37.5. The zero-order valence-corrected chi connectivity index (χ0v) is 33.0. The lowest BCUT2D eigenvalue weighted by atomic mass is 10.0. The first-order chi connectivity index (χ1) is 23.9. The molecule has 1 atom stereocenters. The number of hydrogen-bond acceptors (Lipinski definition) is 5. The Morgan fingerprint density at radius 2 is 0.959 bits per heavy atom. The average molecular weight is 715 g/mol. The highest BCUT2D eigenvalue weighted by Crippen LogP contribution is 2.36. The van der Waals surface area contributed by atoms with Crippen LogP contribution < -0.4 is 0 Å². The summed E-state index contributed by atoms with van der Waals surface area (Å²) in [5.41, 5.74) is 0. The number of hydrogen-bond donors (Lipinski definition) is 2. The maximum absolute atomic E-state index is 12.4. The molecule has 290 valence electrons. The van der Waals surface area contributed by atoms with Crippen molar-refractivity contribution in [2.75, 3.05) is 19.8 Å². The predicted molar refractivity (Wildman–Crippen MR) is 207 cm³/mol. The van der Waals surface area contributed by atoms with Crippen molar-refractivity contribution in [2.45, 2.75) is 213 Å². The molecule has 0 rings (SSSR count). The molecule has 0 aliphatic heterocycles. The topological polar surface area (TPSA) is 102 Å². The number of carbonyl (C=O) groups excluding carboxylic acids is 1. The van der Waals surface area contributed by atoms with E-state index >= 15 is 0 Å². The molecule has 8 heteroatoms. The number of phosphoric ester groups is 1. The van der Waals surface area contributed by atoms with Crippen LogP contribution in [0.1, 0.15) is 206 Å². The lowest BCUT2D eigenvalue weighted by molar-refractivity contribution is -0.154. The van der Waals surface area contributed by atoms with Gasteiger partial charge in [0.2, 0.25) is 0 Å².